The minimum Gasteiger partial charge on any atom is -0.248 e. The lowest BCUT2D eigenvalue weighted by Crippen LogP contribution is -1.93. The van der Waals surface area contributed by atoms with Crippen LogP contribution in [0.15, 0.2) is 57.6 Å². The monoisotopic (exact) mass is 334 g/mol. The molecule has 1 aromatic heterocycles. The van der Waals surface area contributed by atoms with Crippen LogP contribution in [0.1, 0.15) is 5.56 Å². The van der Waals surface area contributed by atoms with Gasteiger partial charge in [0.25, 0.3) is 0 Å². The number of benzene rings is 2. The molecular formula is C15H11ClN2OS2. The summed E-state index contributed by atoms with van der Waals surface area (Å²) in [5.41, 5.74) is 2.65. The topological polar surface area (TPSA) is 42.9 Å². The van der Waals surface area contributed by atoms with Gasteiger partial charge in [0, 0.05) is 15.5 Å². The van der Waals surface area contributed by atoms with Crippen LogP contribution in [0.4, 0.5) is 0 Å². The van der Waals surface area contributed by atoms with Crippen molar-refractivity contribution in [3.63, 3.8) is 0 Å². The molecule has 0 aliphatic carbocycles. The van der Waals surface area contributed by atoms with Gasteiger partial charge in [-0.05, 0) is 42.7 Å². The number of aromatic nitrogens is 2. The Morgan fingerprint density at radius 2 is 1.71 bits per heavy atom. The first-order valence-corrected chi connectivity index (χ1v) is 8.52. The van der Waals surface area contributed by atoms with E-state index in [0.717, 1.165) is 27.6 Å². The summed E-state index contributed by atoms with van der Waals surface area (Å²) in [7, 11) is -1.28. The van der Waals surface area contributed by atoms with Gasteiger partial charge < -0.3 is 0 Å². The molecule has 1 atom stereocenters. The van der Waals surface area contributed by atoms with Gasteiger partial charge in [0.05, 0.1) is 10.8 Å². The number of hydrogen-bond donors (Lipinski definition) is 0. The highest BCUT2D eigenvalue weighted by atomic mass is 35.5. The normalized spacial score (nSPS) is 12.3. The predicted octanol–water partition coefficient (Wildman–Crippen LogP) is 4.33. The Morgan fingerprint density at radius 1 is 1.05 bits per heavy atom. The minimum atomic E-state index is -1.28. The third-order valence-corrected chi connectivity index (χ3v) is 5.66. The summed E-state index contributed by atoms with van der Waals surface area (Å²) in [6.45, 7) is 2.00. The summed E-state index contributed by atoms with van der Waals surface area (Å²) >= 11 is 7.05. The van der Waals surface area contributed by atoms with Crippen LogP contribution in [-0.2, 0) is 10.8 Å². The van der Waals surface area contributed by atoms with Crippen molar-refractivity contribution in [3.05, 3.63) is 59.1 Å². The van der Waals surface area contributed by atoms with E-state index in [1.165, 1.54) is 0 Å². The van der Waals surface area contributed by atoms with Gasteiger partial charge >= 0.3 is 0 Å². The van der Waals surface area contributed by atoms with Crippen LogP contribution in [0.2, 0.25) is 5.02 Å². The first kappa shape index (κ1) is 14.4. The Hall–Kier alpha value is -1.56. The minimum absolute atomic E-state index is 0.649. The zero-order valence-corrected chi connectivity index (χ0v) is 13.5. The fourth-order valence-corrected chi connectivity index (χ4v) is 4.02. The molecule has 0 saturated carbocycles. The van der Waals surface area contributed by atoms with Gasteiger partial charge in [-0.15, -0.1) is 5.10 Å². The number of rotatable bonds is 3. The quantitative estimate of drug-likeness (QED) is 0.715. The number of aryl methyl sites for hydroxylation is 1. The third kappa shape index (κ3) is 3.05. The van der Waals surface area contributed by atoms with E-state index in [1.807, 2.05) is 43.3 Å². The zero-order chi connectivity index (χ0) is 14.8. The molecule has 0 fully saturated rings. The van der Waals surface area contributed by atoms with E-state index in [0.29, 0.717) is 14.9 Å². The van der Waals surface area contributed by atoms with E-state index in [2.05, 4.69) is 9.59 Å². The highest BCUT2D eigenvalue weighted by molar-refractivity contribution is 7.87. The summed E-state index contributed by atoms with van der Waals surface area (Å²) < 4.78 is 17.3. The second kappa shape index (κ2) is 6.05. The molecule has 0 saturated heterocycles. The van der Waals surface area contributed by atoms with Gasteiger partial charge in [-0.1, -0.05) is 45.9 Å². The average Bonchev–Trinajstić information content (AvgIpc) is 2.97. The van der Waals surface area contributed by atoms with Gasteiger partial charge in [0.2, 0.25) is 0 Å². The molecule has 0 amide bonds. The van der Waals surface area contributed by atoms with Gasteiger partial charge in [-0.2, -0.15) is 0 Å². The van der Waals surface area contributed by atoms with Crippen LogP contribution >= 0.6 is 23.1 Å². The fraction of sp³-hybridized carbons (Fsp3) is 0.0667. The molecule has 3 nitrogen and oxygen atoms in total. The molecule has 0 aliphatic rings. The number of nitrogens with zero attached hydrogens (tertiary/aromatic N) is 2. The van der Waals surface area contributed by atoms with Crippen LogP contribution in [0, 0.1) is 6.92 Å². The molecule has 2 aromatic carbocycles. The Labute approximate surface area is 134 Å². The molecule has 1 heterocycles. The molecule has 0 unspecified atom stereocenters. The lowest BCUT2D eigenvalue weighted by Gasteiger charge is -2.03. The molecule has 0 bridgehead atoms. The zero-order valence-electron chi connectivity index (χ0n) is 11.1. The summed E-state index contributed by atoms with van der Waals surface area (Å²) in [6.07, 6.45) is 0. The molecule has 0 N–H and O–H groups in total. The van der Waals surface area contributed by atoms with Crippen LogP contribution < -0.4 is 0 Å². The Bertz CT molecular complexity index is 782. The summed E-state index contributed by atoms with van der Waals surface area (Å²) in [5.74, 6) is 0. The molecule has 6 heteroatoms. The number of halogens is 1. The standard InChI is InChI=1S/C15H11ClN2OS2/c1-10-2-8-13(9-3-10)21(19)15-14(17-18-20-15)11-4-6-12(16)7-5-11/h2-9H,1H3/t21-/m0/s1. The van der Waals surface area contributed by atoms with Crippen molar-refractivity contribution in [2.24, 2.45) is 0 Å². The maximum absolute atomic E-state index is 12.7. The Balaban J connectivity index is 2.00. The van der Waals surface area contributed by atoms with Gasteiger partial charge in [-0.3, -0.25) is 0 Å². The van der Waals surface area contributed by atoms with Crippen LogP contribution in [0.25, 0.3) is 11.3 Å². The fourth-order valence-electron chi connectivity index (χ4n) is 1.86. The third-order valence-electron chi connectivity index (χ3n) is 2.98. The van der Waals surface area contributed by atoms with Crippen molar-refractivity contribution >= 4 is 33.9 Å². The molecular weight excluding hydrogens is 324 g/mol. The van der Waals surface area contributed by atoms with Crippen molar-refractivity contribution in [3.8, 4) is 11.3 Å². The lowest BCUT2D eigenvalue weighted by molar-refractivity contribution is 0.684. The van der Waals surface area contributed by atoms with Crippen molar-refractivity contribution in [1.82, 2.24) is 9.59 Å². The van der Waals surface area contributed by atoms with Gasteiger partial charge in [0.15, 0.2) is 0 Å². The first-order chi connectivity index (χ1) is 10.1. The second-order valence-corrected chi connectivity index (χ2v) is 7.36. The summed E-state index contributed by atoms with van der Waals surface area (Å²) in [4.78, 5) is 0.752. The Kier molecular flexibility index (Phi) is 4.14. The van der Waals surface area contributed by atoms with E-state index < -0.39 is 10.8 Å². The largest absolute Gasteiger partial charge is 0.248 e. The van der Waals surface area contributed by atoms with Gasteiger partial charge in [-0.25, -0.2) is 4.21 Å². The second-order valence-electron chi connectivity index (χ2n) is 4.50. The molecule has 0 radical (unpaired) electrons. The predicted molar refractivity (Wildman–Crippen MR) is 86.2 cm³/mol. The molecule has 0 aliphatic heterocycles. The smallest absolute Gasteiger partial charge is 0.145 e. The molecule has 3 aromatic rings. The highest BCUT2D eigenvalue weighted by Gasteiger charge is 2.18. The molecule has 21 heavy (non-hydrogen) atoms. The lowest BCUT2D eigenvalue weighted by atomic mass is 10.2. The molecule has 0 spiro atoms. The number of hydrogen-bond acceptors (Lipinski definition) is 4. The maximum atomic E-state index is 12.7. The van der Waals surface area contributed by atoms with Crippen molar-refractivity contribution in [2.45, 2.75) is 16.0 Å². The average molecular weight is 335 g/mol. The van der Waals surface area contributed by atoms with Crippen molar-refractivity contribution in [2.75, 3.05) is 0 Å². The first-order valence-electron chi connectivity index (χ1n) is 6.22. The van der Waals surface area contributed by atoms with E-state index in [1.54, 1.807) is 12.1 Å². The molecule has 106 valence electrons. The SMILES string of the molecule is Cc1ccc([S@](=O)c2snnc2-c2ccc(Cl)cc2)cc1. The molecule has 3 rings (SSSR count). The van der Waals surface area contributed by atoms with Crippen molar-refractivity contribution < 1.29 is 4.21 Å². The van der Waals surface area contributed by atoms with E-state index in [4.69, 9.17) is 11.6 Å². The maximum Gasteiger partial charge on any atom is 0.145 e. The highest BCUT2D eigenvalue weighted by Crippen LogP contribution is 2.30. The van der Waals surface area contributed by atoms with Crippen LogP contribution in [0.5, 0.6) is 0 Å². The van der Waals surface area contributed by atoms with Crippen LogP contribution in [-0.4, -0.2) is 13.8 Å². The van der Waals surface area contributed by atoms with E-state index >= 15 is 0 Å². The summed E-state index contributed by atoms with van der Waals surface area (Å²) in [6, 6.07) is 14.9. The summed E-state index contributed by atoms with van der Waals surface area (Å²) in [5, 5.41) is 4.77. The van der Waals surface area contributed by atoms with Crippen molar-refractivity contribution in [1.29, 1.82) is 0 Å². The van der Waals surface area contributed by atoms with E-state index in [-0.39, 0.29) is 0 Å². The van der Waals surface area contributed by atoms with E-state index in [9.17, 15) is 4.21 Å². The van der Waals surface area contributed by atoms with Gasteiger partial charge in [0.1, 0.15) is 9.90 Å². The Morgan fingerprint density at radius 3 is 2.38 bits per heavy atom. The van der Waals surface area contributed by atoms with Crippen LogP contribution in [0.3, 0.4) is 0 Å².